The van der Waals surface area contributed by atoms with Crippen molar-refractivity contribution in [2.45, 2.75) is 0 Å². The molecule has 0 unspecified atom stereocenters. The monoisotopic (exact) mass is 713 g/mol. The molecule has 0 fully saturated rings. The fraction of sp³-hybridized carbons (Fsp3) is 0. The quantitative estimate of drug-likeness (QED) is 0.160. The van der Waals surface area contributed by atoms with Crippen LogP contribution in [0.1, 0.15) is 0 Å². The molecule has 0 aliphatic rings. The van der Waals surface area contributed by atoms with Gasteiger partial charge in [-0.3, -0.25) is 0 Å². The topological polar surface area (TPSA) is 16.4 Å². The van der Waals surface area contributed by atoms with Crippen molar-refractivity contribution in [2.24, 2.45) is 0 Å². The molecule has 0 aliphatic carbocycles. The van der Waals surface area contributed by atoms with Gasteiger partial charge in [-0.05, 0) is 103 Å². The molecule has 0 bridgehead atoms. The molecule has 2 nitrogen and oxygen atoms in total. The molecule has 2 heteroatoms. The highest BCUT2D eigenvalue weighted by Gasteiger charge is 2.22. The fourth-order valence-corrected chi connectivity index (χ4v) is 8.65. The first-order chi connectivity index (χ1) is 27.8. The number of benzene rings is 10. The largest absolute Gasteiger partial charge is 0.456 e. The van der Waals surface area contributed by atoms with Crippen LogP contribution in [0.5, 0.6) is 0 Å². The number of nitrogens with zero attached hydrogens (tertiary/aromatic N) is 1. The number of hydrogen-bond acceptors (Lipinski definition) is 2. The smallest absolute Gasteiger partial charge is 0.135 e. The van der Waals surface area contributed by atoms with Crippen molar-refractivity contribution >= 4 is 71.3 Å². The predicted octanol–water partition coefficient (Wildman–Crippen LogP) is 15.5. The number of fused-ring (bicyclic) bond motifs is 7. The molecule has 0 saturated heterocycles. The lowest BCUT2D eigenvalue weighted by Crippen LogP contribution is -2.12. The molecule has 0 atom stereocenters. The number of rotatable bonds is 6. The summed E-state index contributed by atoms with van der Waals surface area (Å²) < 4.78 is 6.16. The zero-order valence-electron chi connectivity index (χ0n) is 30.6. The molecule has 0 radical (unpaired) electrons. The van der Waals surface area contributed by atoms with Gasteiger partial charge in [0, 0.05) is 27.6 Å². The maximum atomic E-state index is 6.16. The highest BCUT2D eigenvalue weighted by Crippen LogP contribution is 2.48. The van der Waals surface area contributed by atoms with Crippen molar-refractivity contribution in [3.8, 4) is 33.4 Å². The fourth-order valence-electron chi connectivity index (χ4n) is 8.65. The second-order valence-corrected chi connectivity index (χ2v) is 14.4. The van der Waals surface area contributed by atoms with Gasteiger partial charge in [0.1, 0.15) is 11.2 Å². The molecule has 0 amide bonds. The van der Waals surface area contributed by atoms with Crippen molar-refractivity contribution in [3.05, 3.63) is 212 Å². The summed E-state index contributed by atoms with van der Waals surface area (Å²) in [5.41, 5.74) is 12.2. The normalized spacial score (nSPS) is 11.6. The summed E-state index contributed by atoms with van der Waals surface area (Å²) >= 11 is 0. The van der Waals surface area contributed by atoms with Crippen LogP contribution in [0.2, 0.25) is 0 Å². The molecule has 0 N–H and O–H groups in total. The Kier molecular flexibility index (Phi) is 7.53. The van der Waals surface area contributed by atoms with E-state index in [0.717, 1.165) is 50.1 Å². The Labute approximate surface area is 325 Å². The molecule has 11 aromatic rings. The molecule has 1 aromatic heterocycles. The molecular formula is C54H35NO. The Bertz CT molecular complexity index is 3260. The van der Waals surface area contributed by atoms with E-state index >= 15 is 0 Å². The lowest BCUT2D eigenvalue weighted by molar-refractivity contribution is 0.669. The average molecular weight is 714 g/mol. The van der Waals surface area contributed by atoms with E-state index < -0.39 is 0 Å². The minimum atomic E-state index is 0.903. The third-order valence-corrected chi connectivity index (χ3v) is 11.3. The minimum absolute atomic E-state index is 0.903. The van der Waals surface area contributed by atoms with Crippen molar-refractivity contribution < 1.29 is 4.42 Å². The zero-order valence-corrected chi connectivity index (χ0v) is 30.6. The van der Waals surface area contributed by atoms with Crippen LogP contribution in [0.15, 0.2) is 217 Å². The second-order valence-electron chi connectivity index (χ2n) is 14.4. The summed E-state index contributed by atoms with van der Waals surface area (Å²) in [6.07, 6.45) is 0. The third-order valence-electron chi connectivity index (χ3n) is 11.3. The SMILES string of the molecule is c1ccc(N(c2ccc(-c3ccc4oc5ccccc5c4c3)cc2)c2ccccc2-c2cc3ccccc3c3ccccc23)c(-c2cccc3ccccc23)c1. The predicted molar refractivity (Wildman–Crippen MR) is 237 cm³/mol. The Hall–Kier alpha value is -7.42. The van der Waals surface area contributed by atoms with Gasteiger partial charge in [-0.2, -0.15) is 0 Å². The van der Waals surface area contributed by atoms with Crippen molar-refractivity contribution in [1.29, 1.82) is 0 Å². The van der Waals surface area contributed by atoms with E-state index in [4.69, 9.17) is 4.42 Å². The van der Waals surface area contributed by atoms with Gasteiger partial charge in [0.25, 0.3) is 0 Å². The highest BCUT2D eigenvalue weighted by atomic mass is 16.3. The maximum Gasteiger partial charge on any atom is 0.135 e. The Morgan fingerprint density at radius 2 is 0.821 bits per heavy atom. The van der Waals surface area contributed by atoms with Crippen LogP contribution in [-0.4, -0.2) is 0 Å². The Morgan fingerprint density at radius 1 is 0.286 bits per heavy atom. The Morgan fingerprint density at radius 3 is 1.61 bits per heavy atom. The van der Waals surface area contributed by atoms with E-state index in [2.05, 4.69) is 205 Å². The van der Waals surface area contributed by atoms with E-state index in [-0.39, 0.29) is 0 Å². The first-order valence-electron chi connectivity index (χ1n) is 19.2. The van der Waals surface area contributed by atoms with Gasteiger partial charge in [-0.25, -0.2) is 0 Å². The molecule has 0 spiro atoms. The van der Waals surface area contributed by atoms with Crippen LogP contribution in [0, 0.1) is 0 Å². The minimum Gasteiger partial charge on any atom is -0.456 e. The Balaban J connectivity index is 1.13. The van der Waals surface area contributed by atoms with Crippen LogP contribution in [0.25, 0.3) is 87.6 Å². The van der Waals surface area contributed by atoms with Crippen LogP contribution in [0.3, 0.4) is 0 Å². The van der Waals surface area contributed by atoms with Crippen LogP contribution in [-0.2, 0) is 0 Å². The van der Waals surface area contributed by atoms with Crippen molar-refractivity contribution in [1.82, 2.24) is 0 Å². The summed E-state index contributed by atoms with van der Waals surface area (Å²) in [6, 6.07) is 76.7. The van der Waals surface area contributed by atoms with Gasteiger partial charge in [-0.1, -0.05) is 164 Å². The summed E-state index contributed by atoms with van der Waals surface area (Å²) in [4.78, 5) is 2.45. The van der Waals surface area contributed by atoms with E-state index in [9.17, 15) is 0 Å². The molecule has 0 aliphatic heterocycles. The standard InChI is InChI=1S/C54H35NO/c1-3-17-41-37(14-1)16-13-24-44(41)46-21-7-10-25-51(46)55(40-31-28-36(29-32-40)38-30-33-54-50(34-38)48-23-9-12-27-53(48)56-54)52-26-11-8-22-47(52)49-35-39-15-2-4-18-42(39)43-19-5-6-20-45(43)49/h1-35H. The van der Waals surface area contributed by atoms with Crippen LogP contribution in [0.4, 0.5) is 17.1 Å². The summed E-state index contributed by atoms with van der Waals surface area (Å²) in [7, 11) is 0. The molecule has 262 valence electrons. The maximum absolute atomic E-state index is 6.16. The van der Waals surface area contributed by atoms with E-state index in [1.165, 1.54) is 54.6 Å². The average Bonchev–Trinajstić information content (AvgIpc) is 3.65. The lowest BCUT2D eigenvalue weighted by atomic mass is 9.91. The van der Waals surface area contributed by atoms with Gasteiger partial charge < -0.3 is 9.32 Å². The van der Waals surface area contributed by atoms with E-state index in [1.807, 2.05) is 12.1 Å². The molecular weight excluding hydrogens is 679 g/mol. The number of furan rings is 1. The van der Waals surface area contributed by atoms with Crippen LogP contribution >= 0.6 is 0 Å². The molecule has 1 heterocycles. The molecule has 0 saturated carbocycles. The van der Waals surface area contributed by atoms with Crippen molar-refractivity contribution in [2.75, 3.05) is 4.90 Å². The number of hydrogen-bond donors (Lipinski definition) is 0. The molecule has 11 rings (SSSR count). The van der Waals surface area contributed by atoms with Crippen molar-refractivity contribution in [3.63, 3.8) is 0 Å². The first kappa shape index (κ1) is 32.0. The zero-order chi connectivity index (χ0) is 37.0. The van der Waals surface area contributed by atoms with Gasteiger partial charge in [0.15, 0.2) is 0 Å². The van der Waals surface area contributed by atoms with E-state index in [0.29, 0.717) is 0 Å². The van der Waals surface area contributed by atoms with Crippen LogP contribution < -0.4 is 4.90 Å². The summed E-state index contributed by atoms with van der Waals surface area (Å²) in [5, 5.41) is 9.70. The van der Waals surface area contributed by atoms with Gasteiger partial charge in [-0.15, -0.1) is 0 Å². The summed E-state index contributed by atoms with van der Waals surface area (Å²) in [6.45, 7) is 0. The third kappa shape index (κ3) is 5.26. The summed E-state index contributed by atoms with van der Waals surface area (Å²) in [5.74, 6) is 0. The molecule has 56 heavy (non-hydrogen) atoms. The second kappa shape index (κ2) is 13.2. The number of anilines is 3. The van der Waals surface area contributed by atoms with E-state index in [1.54, 1.807) is 0 Å². The molecule has 10 aromatic carbocycles. The lowest BCUT2D eigenvalue weighted by Gasteiger charge is -2.30. The first-order valence-corrected chi connectivity index (χ1v) is 19.2. The number of para-hydroxylation sites is 3. The highest BCUT2D eigenvalue weighted by molar-refractivity contribution is 6.15. The van der Waals surface area contributed by atoms with Gasteiger partial charge in [0.05, 0.1) is 11.4 Å². The van der Waals surface area contributed by atoms with Gasteiger partial charge in [0.2, 0.25) is 0 Å². The van der Waals surface area contributed by atoms with Gasteiger partial charge >= 0.3 is 0 Å².